The summed E-state index contributed by atoms with van der Waals surface area (Å²) < 4.78 is 68.6. The Kier molecular flexibility index (Phi) is 71.2. The number of hydrogen-bond acceptors (Lipinski definition) is 15. The number of rotatable bonds is 76. The standard InChI is InChI=1S/C81H146O17P2/c1-5-9-13-17-21-25-29-33-35-36-37-38-40-43-46-50-54-58-62-66-79(84)92-72-76(97-80(85)67-63-59-55-51-47-42-32-28-24-20-16-12-8-4)73-95-99(87,88)93-69-75(82)70-94-100(89,90)96-74-77(71-91-78(83)65-61-57-53-49-45-41-31-27-23-19-15-11-7-3)98-81(86)68-64-60-56-52-48-44-39-34-30-26-22-18-14-10-6-2/h9,13,21,25,33-35,37-39,43,46,75-77,82H,5-8,10-12,14-20,22-24,26-32,36,40-42,44-45,47-74H2,1-4H3,(H,87,88)(H,89,90)/b13-9-,25-21-,35-33-,38-37-,39-34-,46-43-/t75-,76-,77-/m1/s1. The van der Waals surface area contributed by atoms with Gasteiger partial charge < -0.3 is 33.8 Å². The summed E-state index contributed by atoms with van der Waals surface area (Å²) in [6.07, 6.45) is 74.5. The van der Waals surface area contributed by atoms with E-state index in [0.717, 1.165) is 135 Å². The van der Waals surface area contributed by atoms with Crippen molar-refractivity contribution in [3.05, 3.63) is 72.9 Å². The van der Waals surface area contributed by atoms with E-state index in [1.54, 1.807) is 0 Å². The average Bonchev–Trinajstić information content (AvgIpc) is 0.924. The number of aliphatic hydroxyl groups is 1. The molecule has 0 saturated heterocycles. The lowest BCUT2D eigenvalue weighted by molar-refractivity contribution is -0.161. The minimum absolute atomic E-state index is 0.0899. The third-order valence-electron chi connectivity index (χ3n) is 17.2. The van der Waals surface area contributed by atoms with Crippen LogP contribution in [0, 0.1) is 0 Å². The molecule has 5 atom stereocenters. The summed E-state index contributed by atoms with van der Waals surface area (Å²) in [5.41, 5.74) is 0. The second kappa shape index (κ2) is 73.8. The number of carbonyl (C=O) groups excluding carboxylic acids is 4. The molecule has 0 aliphatic rings. The number of allylic oxidation sites excluding steroid dienone is 12. The monoisotopic (exact) mass is 1450 g/mol. The fourth-order valence-corrected chi connectivity index (χ4v) is 12.6. The molecule has 0 saturated carbocycles. The molecule has 19 heteroatoms. The van der Waals surface area contributed by atoms with Crippen molar-refractivity contribution < 1.29 is 80.2 Å². The fourth-order valence-electron chi connectivity index (χ4n) is 11.1. The lowest BCUT2D eigenvalue weighted by Crippen LogP contribution is -2.30. The Morgan fingerprint density at radius 3 is 0.820 bits per heavy atom. The average molecular weight is 1450 g/mol. The number of esters is 4. The molecule has 2 unspecified atom stereocenters. The smallest absolute Gasteiger partial charge is 0.462 e. The second-order valence-corrected chi connectivity index (χ2v) is 29.9. The molecule has 0 amide bonds. The van der Waals surface area contributed by atoms with Gasteiger partial charge >= 0.3 is 39.5 Å². The predicted molar refractivity (Wildman–Crippen MR) is 409 cm³/mol. The molecule has 0 rings (SSSR count). The van der Waals surface area contributed by atoms with Gasteiger partial charge in [-0.05, 0) is 96.3 Å². The first-order valence-electron chi connectivity index (χ1n) is 40.2. The predicted octanol–water partition coefficient (Wildman–Crippen LogP) is 23.2. The summed E-state index contributed by atoms with van der Waals surface area (Å²) in [4.78, 5) is 73.0. The molecule has 0 heterocycles. The van der Waals surface area contributed by atoms with Crippen LogP contribution in [-0.4, -0.2) is 96.7 Å². The van der Waals surface area contributed by atoms with Gasteiger partial charge in [-0.1, -0.05) is 312 Å². The first-order chi connectivity index (χ1) is 48.7. The molecule has 3 N–H and O–H groups in total. The number of carbonyl (C=O) groups is 4. The van der Waals surface area contributed by atoms with Gasteiger partial charge in [-0.25, -0.2) is 9.13 Å². The zero-order chi connectivity index (χ0) is 73.2. The number of hydrogen-bond donors (Lipinski definition) is 3. The normalized spacial score (nSPS) is 14.3. The highest BCUT2D eigenvalue weighted by atomic mass is 31.2. The Morgan fingerprint density at radius 2 is 0.520 bits per heavy atom. The number of phosphoric acid groups is 2. The second-order valence-electron chi connectivity index (χ2n) is 27.0. The summed E-state index contributed by atoms with van der Waals surface area (Å²) in [5.74, 6) is -2.19. The van der Waals surface area contributed by atoms with E-state index in [1.807, 2.05) is 0 Å². The molecule has 0 fully saturated rings. The molecule has 0 spiro atoms. The van der Waals surface area contributed by atoms with Gasteiger partial charge in [0.1, 0.15) is 19.3 Å². The van der Waals surface area contributed by atoms with Gasteiger partial charge in [0.05, 0.1) is 26.4 Å². The highest BCUT2D eigenvalue weighted by Crippen LogP contribution is 2.45. The Bertz CT molecular complexity index is 2180. The molecule has 0 radical (unpaired) electrons. The molecule has 582 valence electrons. The first kappa shape index (κ1) is 96.5. The number of aliphatic hydroxyl groups excluding tert-OH is 1. The maximum atomic E-state index is 13.1. The third-order valence-corrected chi connectivity index (χ3v) is 19.1. The van der Waals surface area contributed by atoms with E-state index in [0.29, 0.717) is 25.7 Å². The SMILES string of the molecule is CC/C=C\C/C=C\C/C=C\C/C=C\C/C=C\CCCCCC(=O)OC[C@H](COP(=O)(O)OC[C@@H](O)COP(=O)(O)OC[C@@H](COC(=O)CCCCCCCCCCCCCCC)OC(=O)CCCCCCC/C=C\CCCCCCCC)OC(=O)CCCCCCCCCCCCCCC. The molecular formula is C81H146O17P2. The lowest BCUT2D eigenvalue weighted by atomic mass is 10.0. The summed E-state index contributed by atoms with van der Waals surface area (Å²) >= 11 is 0. The van der Waals surface area contributed by atoms with E-state index in [4.69, 9.17) is 37.0 Å². The van der Waals surface area contributed by atoms with E-state index in [-0.39, 0.29) is 25.7 Å². The van der Waals surface area contributed by atoms with Gasteiger partial charge in [0.2, 0.25) is 0 Å². The Balaban J connectivity index is 5.34. The topological polar surface area (TPSA) is 237 Å². The first-order valence-corrected chi connectivity index (χ1v) is 43.2. The molecule has 0 aromatic rings. The summed E-state index contributed by atoms with van der Waals surface area (Å²) in [7, 11) is -9.95. The van der Waals surface area contributed by atoms with E-state index in [2.05, 4.69) is 101 Å². The maximum absolute atomic E-state index is 13.1. The van der Waals surface area contributed by atoms with Gasteiger partial charge in [0, 0.05) is 25.7 Å². The zero-order valence-electron chi connectivity index (χ0n) is 63.6. The van der Waals surface area contributed by atoms with Crippen molar-refractivity contribution in [3.63, 3.8) is 0 Å². The largest absolute Gasteiger partial charge is 0.472 e. The van der Waals surface area contributed by atoms with Crippen molar-refractivity contribution in [2.24, 2.45) is 0 Å². The van der Waals surface area contributed by atoms with Crippen LogP contribution in [0.1, 0.15) is 362 Å². The van der Waals surface area contributed by atoms with Gasteiger partial charge in [0.15, 0.2) is 12.2 Å². The minimum atomic E-state index is -4.98. The van der Waals surface area contributed by atoms with Gasteiger partial charge in [-0.2, -0.15) is 0 Å². The van der Waals surface area contributed by atoms with Crippen LogP contribution in [0.2, 0.25) is 0 Å². The van der Waals surface area contributed by atoms with Crippen LogP contribution in [0.4, 0.5) is 0 Å². The van der Waals surface area contributed by atoms with Crippen LogP contribution in [0.25, 0.3) is 0 Å². The zero-order valence-corrected chi connectivity index (χ0v) is 65.4. The van der Waals surface area contributed by atoms with Crippen LogP contribution in [-0.2, 0) is 65.4 Å². The molecule has 0 aromatic heterocycles. The maximum Gasteiger partial charge on any atom is 0.472 e. The number of unbranched alkanes of at least 4 members (excludes halogenated alkanes) is 38. The van der Waals surface area contributed by atoms with Gasteiger partial charge in [-0.15, -0.1) is 0 Å². The van der Waals surface area contributed by atoms with Crippen molar-refractivity contribution in [2.75, 3.05) is 39.6 Å². The Hall–Kier alpha value is -3.50. The number of ether oxygens (including phenoxy) is 4. The van der Waals surface area contributed by atoms with Crippen molar-refractivity contribution in [1.82, 2.24) is 0 Å². The third kappa shape index (κ3) is 72.8. The summed E-state index contributed by atoms with van der Waals surface area (Å²) in [5, 5.41) is 10.6. The van der Waals surface area contributed by atoms with E-state index < -0.39 is 97.5 Å². The lowest BCUT2D eigenvalue weighted by Gasteiger charge is -2.21. The molecular weight excluding hydrogens is 1310 g/mol. The summed E-state index contributed by atoms with van der Waals surface area (Å²) in [6.45, 7) is 4.78. The fraction of sp³-hybridized carbons (Fsp3) is 0.802. The quantitative estimate of drug-likeness (QED) is 0.0169. The summed E-state index contributed by atoms with van der Waals surface area (Å²) in [6, 6.07) is 0. The molecule has 17 nitrogen and oxygen atoms in total. The molecule has 0 aliphatic heterocycles. The van der Waals surface area contributed by atoms with Gasteiger partial charge in [-0.3, -0.25) is 37.3 Å². The van der Waals surface area contributed by atoms with Crippen molar-refractivity contribution in [3.8, 4) is 0 Å². The van der Waals surface area contributed by atoms with E-state index >= 15 is 0 Å². The van der Waals surface area contributed by atoms with Crippen LogP contribution in [0.3, 0.4) is 0 Å². The van der Waals surface area contributed by atoms with Crippen molar-refractivity contribution >= 4 is 39.5 Å². The van der Waals surface area contributed by atoms with Gasteiger partial charge in [0.25, 0.3) is 0 Å². The van der Waals surface area contributed by atoms with Crippen LogP contribution < -0.4 is 0 Å². The van der Waals surface area contributed by atoms with E-state index in [1.165, 1.54) is 148 Å². The number of phosphoric ester groups is 2. The molecule has 0 aromatic carbocycles. The Labute approximate surface area is 609 Å². The highest BCUT2D eigenvalue weighted by Gasteiger charge is 2.30. The van der Waals surface area contributed by atoms with Crippen molar-refractivity contribution in [2.45, 2.75) is 380 Å². The van der Waals surface area contributed by atoms with Crippen LogP contribution in [0.15, 0.2) is 72.9 Å². The van der Waals surface area contributed by atoms with Crippen LogP contribution in [0.5, 0.6) is 0 Å². The molecule has 100 heavy (non-hydrogen) atoms. The Morgan fingerprint density at radius 1 is 0.290 bits per heavy atom. The van der Waals surface area contributed by atoms with E-state index in [9.17, 15) is 43.2 Å². The van der Waals surface area contributed by atoms with Crippen LogP contribution >= 0.6 is 15.6 Å². The minimum Gasteiger partial charge on any atom is -0.462 e. The molecule has 0 aliphatic carbocycles. The molecule has 0 bridgehead atoms. The van der Waals surface area contributed by atoms with Crippen molar-refractivity contribution in [1.29, 1.82) is 0 Å². The highest BCUT2D eigenvalue weighted by molar-refractivity contribution is 7.47.